The van der Waals surface area contributed by atoms with Gasteiger partial charge in [0, 0.05) is 10.7 Å². The third kappa shape index (κ3) is 1.60. The molecule has 1 heterocycles. The highest BCUT2D eigenvalue weighted by Gasteiger charge is 2.09. The fourth-order valence-corrected chi connectivity index (χ4v) is 1.95. The van der Waals surface area contributed by atoms with Crippen LogP contribution >= 0.6 is 15.9 Å². The van der Waals surface area contributed by atoms with Gasteiger partial charge in [-0.15, -0.1) is 0 Å². The van der Waals surface area contributed by atoms with Gasteiger partial charge in [-0.2, -0.15) is 10.5 Å². The first-order valence-electron chi connectivity index (χ1n) is 4.54. The monoisotopic (exact) mass is 271 g/mol. The van der Waals surface area contributed by atoms with Crippen LogP contribution in [0.25, 0.3) is 5.69 Å². The summed E-state index contributed by atoms with van der Waals surface area (Å²) in [6, 6.07) is 13.1. The molecule has 0 saturated carbocycles. The summed E-state index contributed by atoms with van der Waals surface area (Å²) in [4.78, 5) is 0. The first-order chi connectivity index (χ1) is 7.77. The second-order valence-electron chi connectivity index (χ2n) is 3.12. The van der Waals surface area contributed by atoms with Crippen LogP contribution in [0.2, 0.25) is 0 Å². The SMILES string of the molecule is N#Cc1c(Br)cccc1-n1cccc1C#N. The molecule has 2 aromatic rings. The number of rotatable bonds is 1. The van der Waals surface area contributed by atoms with E-state index in [2.05, 4.69) is 28.1 Å². The van der Waals surface area contributed by atoms with Crippen molar-refractivity contribution < 1.29 is 0 Å². The van der Waals surface area contributed by atoms with Crippen molar-refractivity contribution >= 4 is 15.9 Å². The quantitative estimate of drug-likeness (QED) is 0.801. The molecule has 4 heteroatoms. The van der Waals surface area contributed by atoms with Crippen molar-refractivity contribution in [2.24, 2.45) is 0 Å². The number of hydrogen-bond donors (Lipinski definition) is 0. The van der Waals surface area contributed by atoms with Crippen molar-refractivity contribution in [3.8, 4) is 17.8 Å². The lowest BCUT2D eigenvalue weighted by Gasteiger charge is -2.07. The predicted octanol–water partition coefficient (Wildman–Crippen LogP) is 2.98. The number of halogens is 1. The second kappa shape index (κ2) is 4.22. The fourth-order valence-electron chi connectivity index (χ4n) is 1.51. The molecule has 1 aromatic heterocycles. The zero-order valence-electron chi connectivity index (χ0n) is 8.18. The van der Waals surface area contributed by atoms with Gasteiger partial charge in [-0.05, 0) is 40.2 Å². The minimum Gasteiger partial charge on any atom is -0.307 e. The van der Waals surface area contributed by atoms with Crippen LogP contribution in [-0.4, -0.2) is 4.57 Å². The van der Waals surface area contributed by atoms with Crippen LogP contribution in [-0.2, 0) is 0 Å². The lowest BCUT2D eigenvalue weighted by atomic mass is 10.2. The molecular weight excluding hydrogens is 266 g/mol. The molecule has 0 aliphatic rings. The Bertz CT molecular complexity index is 614. The summed E-state index contributed by atoms with van der Waals surface area (Å²) in [6.45, 7) is 0. The lowest BCUT2D eigenvalue weighted by molar-refractivity contribution is 1.04. The van der Waals surface area contributed by atoms with E-state index in [1.807, 2.05) is 12.1 Å². The van der Waals surface area contributed by atoms with Crippen LogP contribution in [0.4, 0.5) is 0 Å². The van der Waals surface area contributed by atoms with Gasteiger partial charge in [0.15, 0.2) is 0 Å². The van der Waals surface area contributed by atoms with Crippen molar-refractivity contribution in [1.82, 2.24) is 4.57 Å². The van der Waals surface area contributed by atoms with E-state index in [-0.39, 0.29) is 0 Å². The second-order valence-corrected chi connectivity index (χ2v) is 3.98. The number of nitrogens with zero attached hydrogens (tertiary/aromatic N) is 3. The Hall–Kier alpha value is -2.04. The fraction of sp³-hybridized carbons (Fsp3) is 0. The molecule has 0 saturated heterocycles. The number of nitriles is 2. The maximum absolute atomic E-state index is 9.09. The average Bonchev–Trinajstić information content (AvgIpc) is 2.76. The summed E-state index contributed by atoms with van der Waals surface area (Å²) in [5.74, 6) is 0. The molecule has 1 aromatic carbocycles. The maximum Gasteiger partial charge on any atom is 0.124 e. The molecule has 0 spiro atoms. The summed E-state index contributed by atoms with van der Waals surface area (Å²) < 4.78 is 2.42. The summed E-state index contributed by atoms with van der Waals surface area (Å²) in [5, 5.41) is 18.0. The molecule has 0 aliphatic carbocycles. The Labute approximate surface area is 101 Å². The Morgan fingerprint density at radius 1 is 1.06 bits per heavy atom. The van der Waals surface area contributed by atoms with E-state index in [4.69, 9.17) is 10.5 Å². The largest absolute Gasteiger partial charge is 0.307 e. The zero-order chi connectivity index (χ0) is 11.5. The molecule has 3 nitrogen and oxygen atoms in total. The smallest absolute Gasteiger partial charge is 0.124 e. The minimum atomic E-state index is 0.509. The van der Waals surface area contributed by atoms with E-state index >= 15 is 0 Å². The molecule has 0 atom stereocenters. The first-order valence-corrected chi connectivity index (χ1v) is 5.33. The number of benzene rings is 1. The lowest BCUT2D eigenvalue weighted by Crippen LogP contribution is -1.98. The van der Waals surface area contributed by atoms with E-state index in [0.29, 0.717) is 16.9 Å². The van der Waals surface area contributed by atoms with Crippen LogP contribution in [0.15, 0.2) is 41.0 Å². The topological polar surface area (TPSA) is 52.5 Å². The molecule has 0 N–H and O–H groups in total. The number of aromatic nitrogens is 1. The summed E-state index contributed by atoms with van der Waals surface area (Å²) in [5.41, 5.74) is 1.74. The van der Waals surface area contributed by atoms with E-state index in [1.165, 1.54) is 0 Å². The van der Waals surface area contributed by atoms with Crippen LogP contribution in [0.1, 0.15) is 11.3 Å². The van der Waals surface area contributed by atoms with Gasteiger partial charge in [0.05, 0.1) is 11.3 Å². The molecule has 0 radical (unpaired) electrons. The summed E-state index contributed by atoms with van der Waals surface area (Å²) in [6.07, 6.45) is 1.77. The Morgan fingerprint density at radius 3 is 2.56 bits per heavy atom. The molecule has 0 unspecified atom stereocenters. The van der Waals surface area contributed by atoms with E-state index < -0.39 is 0 Å². The highest BCUT2D eigenvalue weighted by atomic mass is 79.9. The molecule has 16 heavy (non-hydrogen) atoms. The molecule has 0 fully saturated rings. The van der Waals surface area contributed by atoms with Crippen molar-refractivity contribution in [3.05, 3.63) is 52.3 Å². The summed E-state index contributed by atoms with van der Waals surface area (Å²) in [7, 11) is 0. The van der Waals surface area contributed by atoms with Crippen molar-refractivity contribution in [2.45, 2.75) is 0 Å². The van der Waals surface area contributed by atoms with Crippen LogP contribution in [0, 0.1) is 22.7 Å². The standard InChI is InChI=1S/C12H6BrN3/c13-11-4-1-5-12(10(11)8-15)16-6-2-3-9(16)7-14/h1-6H. The maximum atomic E-state index is 9.09. The Balaban J connectivity index is 2.72. The minimum absolute atomic E-state index is 0.509. The van der Waals surface area contributed by atoms with Crippen LogP contribution < -0.4 is 0 Å². The van der Waals surface area contributed by atoms with Gasteiger partial charge in [-0.25, -0.2) is 0 Å². The third-order valence-electron chi connectivity index (χ3n) is 2.23. The van der Waals surface area contributed by atoms with Gasteiger partial charge in [0.25, 0.3) is 0 Å². The van der Waals surface area contributed by atoms with Gasteiger partial charge >= 0.3 is 0 Å². The zero-order valence-corrected chi connectivity index (χ0v) is 9.77. The molecule has 0 aliphatic heterocycles. The van der Waals surface area contributed by atoms with E-state index in [9.17, 15) is 0 Å². The summed E-state index contributed by atoms with van der Waals surface area (Å²) >= 11 is 3.32. The Kier molecular flexibility index (Phi) is 2.76. The van der Waals surface area contributed by atoms with Crippen molar-refractivity contribution in [2.75, 3.05) is 0 Å². The predicted molar refractivity (Wildman–Crippen MR) is 62.9 cm³/mol. The molecule has 0 bridgehead atoms. The molecular formula is C12H6BrN3. The van der Waals surface area contributed by atoms with Gasteiger partial charge in [-0.3, -0.25) is 0 Å². The Morgan fingerprint density at radius 2 is 1.88 bits per heavy atom. The highest BCUT2D eigenvalue weighted by molar-refractivity contribution is 9.10. The van der Waals surface area contributed by atoms with Crippen LogP contribution in [0.3, 0.4) is 0 Å². The molecule has 0 amide bonds. The number of hydrogen-bond acceptors (Lipinski definition) is 2. The third-order valence-corrected chi connectivity index (χ3v) is 2.89. The van der Waals surface area contributed by atoms with E-state index in [1.54, 1.807) is 29.0 Å². The van der Waals surface area contributed by atoms with Crippen molar-refractivity contribution in [1.29, 1.82) is 10.5 Å². The van der Waals surface area contributed by atoms with Crippen molar-refractivity contribution in [3.63, 3.8) is 0 Å². The van der Waals surface area contributed by atoms with Gasteiger partial charge in [0.2, 0.25) is 0 Å². The first kappa shape index (κ1) is 10.5. The highest BCUT2D eigenvalue weighted by Crippen LogP contribution is 2.24. The van der Waals surface area contributed by atoms with Crippen LogP contribution in [0.5, 0.6) is 0 Å². The van der Waals surface area contributed by atoms with Gasteiger partial charge in [-0.1, -0.05) is 6.07 Å². The molecule has 2 rings (SSSR count). The average molecular weight is 272 g/mol. The normalized spacial score (nSPS) is 9.44. The van der Waals surface area contributed by atoms with Gasteiger partial charge in [0.1, 0.15) is 17.8 Å². The van der Waals surface area contributed by atoms with E-state index in [0.717, 1.165) is 4.47 Å². The molecule has 76 valence electrons. The van der Waals surface area contributed by atoms with Gasteiger partial charge < -0.3 is 4.57 Å².